The zero-order valence-corrected chi connectivity index (χ0v) is 7.84. The molecule has 0 bridgehead atoms. The largest absolute Gasteiger partial charge is 0.484 e. The third kappa shape index (κ3) is 5.05. The van der Waals surface area contributed by atoms with Crippen molar-refractivity contribution in [1.82, 2.24) is 5.32 Å². The van der Waals surface area contributed by atoms with Crippen LogP contribution >= 0.6 is 0 Å². The van der Waals surface area contributed by atoms with Crippen molar-refractivity contribution in [3.8, 4) is 0 Å². The summed E-state index contributed by atoms with van der Waals surface area (Å²) in [7, 11) is 0. The maximum Gasteiger partial charge on any atom is 0.484 e. The predicted octanol–water partition coefficient (Wildman–Crippen LogP) is 2.26. The Bertz CT molecular complexity index is 321. The van der Waals surface area contributed by atoms with Crippen molar-refractivity contribution < 1.29 is 18.0 Å². The Morgan fingerprint density at radius 2 is 1.80 bits per heavy atom. The number of hydrogen-bond acceptors (Lipinski definition) is 1. The van der Waals surface area contributed by atoms with Crippen LogP contribution in [0.15, 0.2) is 30.3 Å². The molecule has 0 fully saturated rings. The molecule has 1 rings (SSSR count). The molecule has 0 saturated carbocycles. The Morgan fingerprint density at radius 1 is 1.20 bits per heavy atom. The van der Waals surface area contributed by atoms with Gasteiger partial charge < -0.3 is 0 Å². The molecule has 1 aromatic carbocycles. The standard InChI is InChI=1S/C10H10F3NO/c11-10(12,13)14-9(15)7-6-8-4-2-1-3-5-8/h1-5H,6-7H2,(H,14,15). The minimum atomic E-state index is -4.63. The second-order valence-electron chi connectivity index (χ2n) is 3.03. The van der Waals surface area contributed by atoms with Crippen LogP contribution in [-0.2, 0) is 11.2 Å². The van der Waals surface area contributed by atoms with E-state index in [2.05, 4.69) is 0 Å². The van der Waals surface area contributed by atoms with E-state index in [1.165, 1.54) is 0 Å². The lowest BCUT2D eigenvalue weighted by Gasteiger charge is -2.07. The summed E-state index contributed by atoms with van der Waals surface area (Å²) >= 11 is 0. The van der Waals surface area contributed by atoms with Gasteiger partial charge in [-0.2, -0.15) is 13.2 Å². The summed E-state index contributed by atoms with van der Waals surface area (Å²) < 4.78 is 35.1. The number of carbonyl (C=O) groups excluding carboxylic acids is 1. The molecule has 1 amide bonds. The highest BCUT2D eigenvalue weighted by Crippen LogP contribution is 2.10. The average Bonchev–Trinajstić information content (AvgIpc) is 2.14. The van der Waals surface area contributed by atoms with Crippen LogP contribution in [0.4, 0.5) is 13.2 Å². The lowest BCUT2D eigenvalue weighted by atomic mass is 10.1. The van der Waals surface area contributed by atoms with E-state index in [9.17, 15) is 18.0 Å². The van der Waals surface area contributed by atoms with Crippen LogP contribution in [0.1, 0.15) is 12.0 Å². The lowest BCUT2D eigenvalue weighted by Crippen LogP contribution is -2.37. The van der Waals surface area contributed by atoms with Gasteiger partial charge in [0.25, 0.3) is 0 Å². The molecule has 5 heteroatoms. The summed E-state index contributed by atoms with van der Waals surface area (Å²) in [4.78, 5) is 10.8. The smallest absolute Gasteiger partial charge is 0.275 e. The first kappa shape index (κ1) is 11.6. The number of nitrogens with one attached hydrogen (secondary N) is 1. The second-order valence-corrected chi connectivity index (χ2v) is 3.03. The van der Waals surface area contributed by atoms with E-state index in [-0.39, 0.29) is 6.42 Å². The van der Waals surface area contributed by atoms with Gasteiger partial charge in [-0.05, 0) is 12.0 Å². The summed E-state index contributed by atoms with van der Waals surface area (Å²) in [5, 5.41) is 0.950. The Balaban J connectivity index is 2.35. The summed E-state index contributed by atoms with van der Waals surface area (Å²) in [6.45, 7) is 0. The van der Waals surface area contributed by atoms with Gasteiger partial charge >= 0.3 is 6.30 Å². The van der Waals surface area contributed by atoms with Crippen LogP contribution in [0.3, 0.4) is 0 Å². The number of alkyl halides is 3. The van der Waals surface area contributed by atoms with Crippen molar-refractivity contribution in [2.24, 2.45) is 0 Å². The van der Waals surface area contributed by atoms with Gasteiger partial charge in [-0.25, -0.2) is 0 Å². The molecule has 0 saturated heterocycles. The van der Waals surface area contributed by atoms with E-state index < -0.39 is 12.2 Å². The summed E-state index contributed by atoms with van der Waals surface area (Å²) in [6.07, 6.45) is -4.49. The number of halogens is 3. The number of rotatable bonds is 3. The van der Waals surface area contributed by atoms with Gasteiger partial charge in [-0.1, -0.05) is 30.3 Å². The Hall–Kier alpha value is -1.52. The Morgan fingerprint density at radius 3 is 2.33 bits per heavy atom. The molecule has 0 atom stereocenters. The van der Waals surface area contributed by atoms with Crippen LogP contribution in [0.5, 0.6) is 0 Å². The molecular weight excluding hydrogens is 207 g/mol. The zero-order chi connectivity index (χ0) is 11.3. The minimum absolute atomic E-state index is 0.163. The predicted molar refractivity (Wildman–Crippen MR) is 49.0 cm³/mol. The minimum Gasteiger partial charge on any atom is -0.275 e. The fourth-order valence-corrected chi connectivity index (χ4v) is 1.12. The van der Waals surface area contributed by atoms with E-state index >= 15 is 0 Å². The van der Waals surface area contributed by atoms with Gasteiger partial charge in [0, 0.05) is 6.42 Å². The van der Waals surface area contributed by atoms with Crippen molar-refractivity contribution in [1.29, 1.82) is 0 Å². The Labute approximate surface area is 85.1 Å². The molecular formula is C10H10F3NO. The van der Waals surface area contributed by atoms with Crippen molar-refractivity contribution in [2.75, 3.05) is 0 Å². The molecule has 0 radical (unpaired) electrons. The quantitative estimate of drug-likeness (QED) is 0.773. The molecule has 1 aromatic rings. The third-order valence-electron chi connectivity index (χ3n) is 1.76. The first-order valence-electron chi connectivity index (χ1n) is 4.39. The van der Waals surface area contributed by atoms with Gasteiger partial charge in [-0.3, -0.25) is 10.1 Å². The fourth-order valence-electron chi connectivity index (χ4n) is 1.12. The van der Waals surface area contributed by atoms with Crippen molar-refractivity contribution in [2.45, 2.75) is 19.1 Å². The van der Waals surface area contributed by atoms with Crippen LogP contribution in [-0.4, -0.2) is 12.2 Å². The first-order chi connectivity index (χ1) is 6.97. The number of hydrogen-bond donors (Lipinski definition) is 1. The molecule has 0 spiro atoms. The maximum atomic E-state index is 11.7. The zero-order valence-electron chi connectivity index (χ0n) is 7.84. The van der Waals surface area contributed by atoms with E-state index in [1.54, 1.807) is 30.3 Å². The topological polar surface area (TPSA) is 29.1 Å². The van der Waals surface area contributed by atoms with Crippen molar-refractivity contribution >= 4 is 5.91 Å². The molecule has 0 aromatic heterocycles. The van der Waals surface area contributed by atoms with Crippen LogP contribution in [0.25, 0.3) is 0 Å². The number of amides is 1. The number of carbonyl (C=O) groups is 1. The van der Waals surface area contributed by atoms with Crippen LogP contribution in [0, 0.1) is 0 Å². The van der Waals surface area contributed by atoms with Gasteiger partial charge in [-0.15, -0.1) is 0 Å². The first-order valence-corrected chi connectivity index (χ1v) is 4.39. The molecule has 0 aliphatic heterocycles. The normalized spacial score (nSPS) is 11.1. The average molecular weight is 217 g/mol. The van der Waals surface area contributed by atoms with Gasteiger partial charge in [0.1, 0.15) is 0 Å². The molecule has 82 valence electrons. The van der Waals surface area contributed by atoms with Crippen LogP contribution in [0.2, 0.25) is 0 Å². The molecule has 15 heavy (non-hydrogen) atoms. The second kappa shape index (κ2) is 4.82. The summed E-state index contributed by atoms with van der Waals surface area (Å²) in [5.74, 6) is -1.01. The van der Waals surface area contributed by atoms with Crippen molar-refractivity contribution in [3.63, 3.8) is 0 Å². The molecule has 0 aliphatic rings. The molecule has 0 unspecified atom stereocenters. The molecule has 0 aliphatic carbocycles. The van der Waals surface area contributed by atoms with E-state index in [0.29, 0.717) is 6.42 Å². The third-order valence-corrected chi connectivity index (χ3v) is 1.76. The van der Waals surface area contributed by atoms with E-state index in [4.69, 9.17) is 0 Å². The number of aryl methyl sites for hydroxylation is 1. The molecule has 2 nitrogen and oxygen atoms in total. The monoisotopic (exact) mass is 217 g/mol. The molecule has 1 N–H and O–H groups in total. The lowest BCUT2D eigenvalue weighted by molar-refractivity contribution is -0.169. The highest BCUT2D eigenvalue weighted by molar-refractivity contribution is 5.76. The molecule has 0 heterocycles. The number of benzene rings is 1. The highest BCUT2D eigenvalue weighted by Gasteiger charge is 2.29. The Kier molecular flexibility index (Phi) is 3.71. The highest BCUT2D eigenvalue weighted by atomic mass is 19.4. The van der Waals surface area contributed by atoms with Crippen molar-refractivity contribution in [3.05, 3.63) is 35.9 Å². The van der Waals surface area contributed by atoms with Gasteiger partial charge in [0.05, 0.1) is 0 Å². The summed E-state index contributed by atoms with van der Waals surface area (Å²) in [5.41, 5.74) is 0.842. The summed E-state index contributed by atoms with van der Waals surface area (Å²) in [6, 6.07) is 8.88. The van der Waals surface area contributed by atoms with E-state index in [1.807, 2.05) is 0 Å². The van der Waals surface area contributed by atoms with Gasteiger partial charge in [0.15, 0.2) is 0 Å². The van der Waals surface area contributed by atoms with E-state index in [0.717, 1.165) is 10.9 Å². The van der Waals surface area contributed by atoms with Crippen LogP contribution < -0.4 is 5.32 Å². The van der Waals surface area contributed by atoms with Gasteiger partial charge in [0.2, 0.25) is 5.91 Å². The SMILES string of the molecule is O=C(CCc1ccccc1)NC(F)(F)F. The fraction of sp³-hybridized carbons (Fsp3) is 0.300. The maximum absolute atomic E-state index is 11.7.